The van der Waals surface area contributed by atoms with Crippen molar-refractivity contribution in [2.24, 2.45) is 0 Å². The topological polar surface area (TPSA) is 54.3 Å². The third kappa shape index (κ3) is 1.92. The Balaban J connectivity index is 2.44. The molecule has 1 aromatic heterocycles. The first-order valence-electron chi connectivity index (χ1n) is 5.25. The molecular weight excluding hydrogens is 204 g/mol. The number of hydrogen-bond acceptors (Lipinski definition) is 2. The molecule has 2 aromatic rings. The first-order chi connectivity index (χ1) is 7.86. The predicted octanol–water partition coefficient (Wildman–Crippen LogP) is 1.59. The molecule has 0 aliphatic heterocycles. The number of benzene rings is 1. The van der Waals surface area contributed by atoms with E-state index in [2.05, 4.69) is 5.32 Å². The van der Waals surface area contributed by atoms with Crippen LogP contribution in [-0.2, 0) is 11.3 Å². The molecule has 0 spiro atoms. The third-order valence-electron chi connectivity index (χ3n) is 2.56. The number of aromatic nitrogens is 1. The molecule has 0 saturated carbocycles. The van der Waals surface area contributed by atoms with Gasteiger partial charge in [0.2, 0.25) is 6.41 Å². The average molecular weight is 218 g/mol. The molecule has 4 heteroatoms. The second-order valence-corrected chi connectivity index (χ2v) is 3.59. The van der Waals surface area contributed by atoms with Gasteiger partial charge in [-0.1, -0.05) is 18.2 Å². The third-order valence-corrected chi connectivity index (χ3v) is 2.56. The normalized spacial score (nSPS) is 10.6. The van der Waals surface area contributed by atoms with Crippen molar-refractivity contribution >= 4 is 23.0 Å². The van der Waals surface area contributed by atoms with Crippen molar-refractivity contribution < 1.29 is 9.90 Å². The lowest BCUT2D eigenvalue weighted by molar-refractivity contribution is -0.105. The number of aliphatic hydroxyl groups is 1. The minimum atomic E-state index is 0.170. The van der Waals surface area contributed by atoms with Crippen molar-refractivity contribution in [2.75, 3.05) is 11.9 Å². The molecular formula is C12H14N2O2. The Labute approximate surface area is 93.5 Å². The van der Waals surface area contributed by atoms with E-state index in [0.29, 0.717) is 12.8 Å². The lowest BCUT2D eigenvalue weighted by atomic mass is 10.2. The van der Waals surface area contributed by atoms with Crippen LogP contribution in [0.25, 0.3) is 10.9 Å². The van der Waals surface area contributed by atoms with E-state index in [9.17, 15) is 4.79 Å². The van der Waals surface area contributed by atoms with Crippen LogP contribution < -0.4 is 5.32 Å². The minimum Gasteiger partial charge on any atom is -0.396 e. The van der Waals surface area contributed by atoms with Crippen LogP contribution in [0.3, 0.4) is 0 Å². The highest BCUT2D eigenvalue weighted by Gasteiger charge is 2.06. The van der Waals surface area contributed by atoms with Gasteiger partial charge in [0.25, 0.3) is 0 Å². The van der Waals surface area contributed by atoms with Gasteiger partial charge in [0.15, 0.2) is 0 Å². The van der Waals surface area contributed by atoms with Gasteiger partial charge in [-0.05, 0) is 12.5 Å². The van der Waals surface area contributed by atoms with Crippen LogP contribution in [0.5, 0.6) is 0 Å². The maximum Gasteiger partial charge on any atom is 0.211 e. The number of aryl methyl sites for hydroxylation is 1. The molecule has 4 nitrogen and oxygen atoms in total. The Morgan fingerprint density at radius 3 is 2.94 bits per heavy atom. The molecule has 2 rings (SSSR count). The summed E-state index contributed by atoms with van der Waals surface area (Å²) in [5.74, 6) is 0. The minimum absolute atomic E-state index is 0.170. The molecule has 1 heterocycles. The smallest absolute Gasteiger partial charge is 0.211 e. The molecule has 0 atom stereocenters. The maximum absolute atomic E-state index is 10.5. The summed E-state index contributed by atoms with van der Waals surface area (Å²) in [6.07, 6.45) is 3.28. The summed E-state index contributed by atoms with van der Waals surface area (Å²) >= 11 is 0. The molecule has 0 fully saturated rings. The van der Waals surface area contributed by atoms with E-state index in [-0.39, 0.29) is 6.61 Å². The SMILES string of the molecule is O=CNc1cn(CCCO)c2ccccc12. The number of carbonyl (C=O) groups is 1. The number of nitrogens with zero attached hydrogens (tertiary/aromatic N) is 1. The number of hydrogen-bond donors (Lipinski definition) is 2. The van der Waals surface area contributed by atoms with Gasteiger partial charge in [-0.3, -0.25) is 4.79 Å². The lowest BCUT2D eigenvalue weighted by Crippen LogP contribution is -1.98. The van der Waals surface area contributed by atoms with E-state index in [1.807, 2.05) is 35.0 Å². The second-order valence-electron chi connectivity index (χ2n) is 3.59. The molecule has 0 bridgehead atoms. The Morgan fingerprint density at radius 2 is 2.19 bits per heavy atom. The lowest BCUT2D eigenvalue weighted by Gasteiger charge is -2.02. The first kappa shape index (κ1) is 10.7. The number of carbonyl (C=O) groups excluding carboxylic acids is 1. The van der Waals surface area contributed by atoms with Gasteiger partial charge in [-0.2, -0.15) is 0 Å². The largest absolute Gasteiger partial charge is 0.396 e. The second kappa shape index (κ2) is 4.81. The van der Waals surface area contributed by atoms with Crippen molar-refractivity contribution in [3.63, 3.8) is 0 Å². The highest BCUT2D eigenvalue weighted by Crippen LogP contribution is 2.25. The fourth-order valence-corrected chi connectivity index (χ4v) is 1.85. The number of aliphatic hydroxyl groups excluding tert-OH is 1. The molecule has 0 radical (unpaired) electrons. The monoisotopic (exact) mass is 218 g/mol. The van der Waals surface area contributed by atoms with Crippen molar-refractivity contribution in [3.05, 3.63) is 30.5 Å². The fraction of sp³-hybridized carbons (Fsp3) is 0.250. The van der Waals surface area contributed by atoms with E-state index in [0.717, 1.165) is 23.1 Å². The summed E-state index contributed by atoms with van der Waals surface area (Å²) in [6.45, 7) is 0.917. The van der Waals surface area contributed by atoms with Crippen LogP contribution in [0.4, 0.5) is 5.69 Å². The summed E-state index contributed by atoms with van der Waals surface area (Å²) < 4.78 is 2.04. The molecule has 0 unspecified atom stereocenters. The van der Waals surface area contributed by atoms with Crippen LogP contribution in [0.2, 0.25) is 0 Å². The molecule has 16 heavy (non-hydrogen) atoms. The van der Waals surface area contributed by atoms with Crippen molar-refractivity contribution in [3.8, 4) is 0 Å². The average Bonchev–Trinajstić information content (AvgIpc) is 2.66. The zero-order valence-corrected chi connectivity index (χ0v) is 8.89. The molecule has 1 aromatic carbocycles. The maximum atomic E-state index is 10.5. The van der Waals surface area contributed by atoms with Crippen molar-refractivity contribution in [1.29, 1.82) is 0 Å². The summed E-state index contributed by atoms with van der Waals surface area (Å²) in [5.41, 5.74) is 1.88. The van der Waals surface area contributed by atoms with Gasteiger partial charge in [-0.25, -0.2) is 0 Å². The zero-order valence-electron chi connectivity index (χ0n) is 8.89. The van der Waals surface area contributed by atoms with E-state index in [4.69, 9.17) is 5.11 Å². The van der Waals surface area contributed by atoms with Gasteiger partial charge in [-0.15, -0.1) is 0 Å². The molecule has 0 aliphatic rings. The standard InChI is InChI=1S/C12H14N2O2/c15-7-3-6-14-8-11(13-9-16)10-4-1-2-5-12(10)14/h1-2,4-5,8-9,15H,3,6-7H2,(H,13,16). The van der Waals surface area contributed by atoms with E-state index in [1.165, 1.54) is 0 Å². The van der Waals surface area contributed by atoms with Crippen LogP contribution in [0, 0.1) is 0 Å². The summed E-state index contributed by atoms with van der Waals surface area (Å²) in [7, 11) is 0. The summed E-state index contributed by atoms with van der Waals surface area (Å²) in [4.78, 5) is 10.5. The molecule has 84 valence electrons. The number of fused-ring (bicyclic) bond motifs is 1. The van der Waals surface area contributed by atoms with E-state index in [1.54, 1.807) is 0 Å². The van der Waals surface area contributed by atoms with Crippen LogP contribution in [-0.4, -0.2) is 22.7 Å². The summed E-state index contributed by atoms with van der Waals surface area (Å²) in [6, 6.07) is 7.87. The van der Waals surface area contributed by atoms with Gasteiger partial charge in [0.05, 0.1) is 11.2 Å². The number of amides is 1. The number of para-hydroxylation sites is 1. The van der Waals surface area contributed by atoms with E-state index < -0.39 is 0 Å². The number of anilines is 1. The first-order valence-corrected chi connectivity index (χ1v) is 5.25. The molecule has 2 N–H and O–H groups in total. The van der Waals surface area contributed by atoms with Crippen LogP contribution in [0.1, 0.15) is 6.42 Å². The number of nitrogens with one attached hydrogen (secondary N) is 1. The Hall–Kier alpha value is -1.81. The van der Waals surface area contributed by atoms with Crippen LogP contribution >= 0.6 is 0 Å². The molecule has 0 aliphatic carbocycles. The van der Waals surface area contributed by atoms with Gasteiger partial charge in [0.1, 0.15) is 0 Å². The van der Waals surface area contributed by atoms with E-state index >= 15 is 0 Å². The molecule has 0 saturated heterocycles. The number of rotatable bonds is 5. The zero-order chi connectivity index (χ0) is 11.4. The highest BCUT2D eigenvalue weighted by atomic mass is 16.3. The van der Waals surface area contributed by atoms with Gasteiger partial charge < -0.3 is 15.0 Å². The Kier molecular flexibility index (Phi) is 3.22. The van der Waals surface area contributed by atoms with Gasteiger partial charge >= 0.3 is 0 Å². The quantitative estimate of drug-likeness (QED) is 0.749. The predicted molar refractivity (Wildman–Crippen MR) is 63.3 cm³/mol. The summed E-state index contributed by atoms with van der Waals surface area (Å²) in [5, 5.41) is 12.5. The van der Waals surface area contributed by atoms with Gasteiger partial charge in [0, 0.05) is 24.7 Å². The fourth-order valence-electron chi connectivity index (χ4n) is 1.85. The molecule has 1 amide bonds. The van der Waals surface area contributed by atoms with Crippen molar-refractivity contribution in [1.82, 2.24) is 4.57 Å². The Bertz CT molecular complexity index is 491. The highest BCUT2D eigenvalue weighted by molar-refractivity contribution is 5.96. The Morgan fingerprint density at radius 1 is 1.38 bits per heavy atom. The van der Waals surface area contributed by atoms with Crippen molar-refractivity contribution in [2.45, 2.75) is 13.0 Å². The van der Waals surface area contributed by atoms with Crippen LogP contribution in [0.15, 0.2) is 30.5 Å².